The van der Waals surface area contributed by atoms with Gasteiger partial charge in [-0.2, -0.15) is 23.1 Å². The van der Waals surface area contributed by atoms with Crippen LogP contribution < -0.4 is 15.0 Å². The number of benzene rings is 2. The van der Waals surface area contributed by atoms with Crippen LogP contribution in [0.2, 0.25) is 5.15 Å². The molecule has 14 heteroatoms. The lowest BCUT2D eigenvalue weighted by molar-refractivity contribution is -0.185. The van der Waals surface area contributed by atoms with Crippen molar-refractivity contribution in [3.8, 4) is 35.4 Å². The van der Waals surface area contributed by atoms with Crippen molar-refractivity contribution >= 4 is 39.1 Å². The van der Waals surface area contributed by atoms with E-state index in [0.29, 0.717) is 43.9 Å². The molecule has 0 radical (unpaired) electrons. The van der Waals surface area contributed by atoms with Gasteiger partial charge >= 0.3 is 12.2 Å². The smallest absolute Gasteiger partial charge is 0.391 e. The maximum Gasteiger partial charge on any atom is 0.391 e. The van der Waals surface area contributed by atoms with E-state index in [-0.39, 0.29) is 87.0 Å². The Labute approximate surface area is 303 Å². The number of nitrogens with zero attached hydrogens (tertiary/aromatic N) is 5. The largest absolute Gasteiger partial charge is 0.508 e. The number of ether oxygens (including phenoxy) is 1. The lowest BCUT2D eigenvalue weighted by Gasteiger charge is -2.39. The molecule has 2 aromatic carbocycles. The Balaban J connectivity index is 1.29. The van der Waals surface area contributed by atoms with Crippen LogP contribution >= 0.6 is 11.6 Å². The van der Waals surface area contributed by atoms with Gasteiger partial charge in [-0.05, 0) is 75.2 Å². The number of phenolic OH excluding ortho intramolecular Hbond substituents is 1. The molecular weight excluding hydrogens is 703 g/mol. The number of phenols is 1. The first-order chi connectivity index (χ1) is 24.8. The Morgan fingerprint density at radius 1 is 1.04 bits per heavy atom. The summed E-state index contributed by atoms with van der Waals surface area (Å²) in [5.74, 6) is -0.360. The second-order valence-corrected chi connectivity index (χ2v) is 14.8. The van der Waals surface area contributed by atoms with Crippen molar-refractivity contribution in [2.24, 2.45) is 11.3 Å². The van der Waals surface area contributed by atoms with Gasteiger partial charge in [0.05, 0.1) is 23.5 Å². The van der Waals surface area contributed by atoms with Crippen molar-refractivity contribution in [1.29, 1.82) is 0 Å². The number of hydrogen-bond acceptors (Lipinski definition) is 8. The molecular formula is C38H40ClF5N6O2. The molecule has 2 aliphatic heterocycles. The number of fused-ring (bicyclic) bond motifs is 2. The molecule has 52 heavy (non-hydrogen) atoms. The van der Waals surface area contributed by atoms with E-state index in [2.05, 4.69) is 40.0 Å². The summed E-state index contributed by atoms with van der Waals surface area (Å²) in [4.78, 5) is 17.9. The monoisotopic (exact) mass is 742 g/mol. The minimum atomic E-state index is -4.18. The number of rotatable bonds is 9. The van der Waals surface area contributed by atoms with Crippen LogP contribution in [0.5, 0.6) is 11.8 Å². The third kappa shape index (κ3) is 7.05. The highest BCUT2D eigenvalue weighted by atomic mass is 35.5. The van der Waals surface area contributed by atoms with E-state index < -0.39 is 23.7 Å². The third-order valence-corrected chi connectivity index (χ3v) is 11.1. The highest BCUT2D eigenvalue weighted by molar-refractivity contribution is 6.35. The van der Waals surface area contributed by atoms with Crippen LogP contribution in [0.15, 0.2) is 24.3 Å². The van der Waals surface area contributed by atoms with Gasteiger partial charge in [-0.15, -0.1) is 6.42 Å². The SMILES string of the molecule is C#Cc1c(F)ccc2cc(O)cc(-c3nc(Cl)c4c(N5CC(CC)NC(CC)C5)nc(OCC5(CN6CCC(C(F)(F)F)CC6)CC5)nc4c3F)c12. The van der Waals surface area contributed by atoms with Gasteiger partial charge in [0, 0.05) is 48.1 Å². The number of terminal acetylenes is 1. The Kier molecular flexibility index (Phi) is 9.86. The average Bonchev–Trinajstić information content (AvgIpc) is 3.90. The number of anilines is 1. The third-order valence-electron chi connectivity index (χ3n) is 10.9. The average molecular weight is 743 g/mol. The van der Waals surface area contributed by atoms with Gasteiger partial charge in [0.15, 0.2) is 5.82 Å². The fourth-order valence-electron chi connectivity index (χ4n) is 7.67. The van der Waals surface area contributed by atoms with E-state index in [9.17, 15) is 22.7 Å². The molecule has 1 saturated carbocycles. The van der Waals surface area contributed by atoms with Crippen molar-refractivity contribution in [2.45, 2.75) is 70.6 Å². The molecule has 2 saturated heterocycles. The summed E-state index contributed by atoms with van der Waals surface area (Å²) in [6, 6.07) is 5.44. The number of aromatic nitrogens is 3. The van der Waals surface area contributed by atoms with Gasteiger partial charge in [0.25, 0.3) is 0 Å². The van der Waals surface area contributed by atoms with Crippen LogP contribution in [0, 0.1) is 35.3 Å². The molecule has 2 aromatic heterocycles. The molecule has 0 bridgehead atoms. The van der Waals surface area contributed by atoms with Gasteiger partial charge in [-0.3, -0.25) is 0 Å². The Morgan fingerprint density at radius 2 is 1.73 bits per heavy atom. The fraction of sp³-hybridized carbons (Fsp3) is 0.500. The Hall–Kier alpha value is -3.99. The van der Waals surface area contributed by atoms with Crippen molar-refractivity contribution in [1.82, 2.24) is 25.2 Å². The molecule has 276 valence electrons. The quantitative estimate of drug-likeness (QED) is 0.102. The highest BCUT2D eigenvalue weighted by Gasteiger charge is 2.47. The summed E-state index contributed by atoms with van der Waals surface area (Å²) >= 11 is 6.91. The van der Waals surface area contributed by atoms with Gasteiger partial charge in [0.1, 0.15) is 33.7 Å². The maximum atomic E-state index is 17.0. The van der Waals surface area contributed by atoms with Gasteiger partial charge in [-0.25, -0.2) is 13.8 Å². The summed E-state index contributed by atoms with van der Waals surface area (Å²) in [5.41, 5.74) is -0.808. The summed E-state index contributed by atoms with van der Waals surface area (Å²) in [6.45, 7) is 6.76. The minimum absolute atomic E-state index is 0.0388. The second-order valence-electron chi connectivity index (χ2n) is 14.4. The number of alkyl halides is 3. The molecule has 2 unspecified atom stereocenters. The Bertz CT molecular complexity index is 2030. The summed E-state index contributed by atoms with van der Waals surface area (Å²) < 4.78 is 78.0. The van der Waals surface area contributed by atoms with Crippen LogP contribution in [-0.4, -0.2) is 82.5 Å². The number of pyridine rings is 1. The molecule has 4 heterocycles. The first-order valence-electron chi connectivity index (χ1n) is 17.7. The zero-order valence-electron chi connectivity index (χ0n) is 29.0. The van der Waals surface area contributed by atoms with Crippen molar-refractivity contribution in [3.05, 3.63) is 46.6 Å². The number of likely N-dealkylation sites (tertiary alicyclic amines) is 1. The summed E-state index contributed by atoms with van der Waals surface area (Å²) in [6.07, 6.45) is 4.98. The van der Waals surface area contributed by atoms with Crippen LogP contribution in [0.3, 0.4) is 0 Å². The number of aromatic hydroxyl groups is 1. The highest BCUT2D eigenvalue weighted by Crippen LogP contribution is 2.48. The van der Waals surface area contributed by atoms with E-state index in [4.69, 9.17) is 27.7 Å². The van der Waals surface area contributed by atoms with Crippen LogP contribution in [0.1, 0.15) is 57.9 Å². The topological polar surface area (TPSA) is 86.6 Å². The molecule has 7 rings (SSSR count). The molecule has 2 N–H and O–H groups in total. The summed E-state index contributed by atoms with van der Waals surface area (Å²) in [5, 5.41) is 14.9. The maximum absolute atomic E-state index is 17.0. The van der Waals surface area contributed by atoms with Gasteiger partial charge in [0.2, 0.25) is 0 Å². The lowest BCUT2D eigenvalue weighted by Crippen LogP contribution is -2.56. The molecule has 8 nitrogen and oxygen atoms in total. The molecule has 4 aromatic rings. The van der Waals surface area contributed by atoms with Crippen molar-refractivity contribution < 1.29 is 31.8 Å². The predicted octanol–water partition coefficient (Wildman–Crippen LogP) is 7.86. The van der Waals surface area contributed by atoms with Crippen molar-refractivity contribution in [3.63, 3.8) is 0 Å². The lowest BCUT2D eigenvalue weighted by atomic mass is 9.95. The number of halogens is 6. The van der Waals surface area contributed by atoms with E-state index in [0.717, 1.165) is 25.7 Å². The zero-order valence-corrected chi connectivity index (χ0v) is 29.7. The van der Waals surface area contributed by atoms with Gasteiger partial charge in [-0.1, -0.05) is 37.4 Å². The fourth-order valence-corrected chi connectivity index (χ4v) is 7.92. The van der Waals surface area contributed by atoms with Crippen LogP contribution in [0.25, 0.3) is 32.9 Å². The first-order valence-corrected chi connectivity index (χ1v) is 18.1. The molecule has 2 atom stereocenters. The van der Waals surface area contributed by atoms with E-state index >= 15 is 4.39 Å². The molecule has 3 fully saturated rings. The molecule has 0 amide bonds. The number of piperidine rings is 1. The standard InChI is InChI=1S/C38H40ClF5N6O2/c1-4-23-17-50(18-24(5-2)45-23)35-30-33(47-36(48-35)52-20-37(11-12-37)19-49-13-9-22(10-14-49)38(42,43)44)31(41)32(46-34(30)39)27-16-25(51)15-21-7-8-28(40)26(6-3)29(21)27/h3,7-8,15-16,22-24,45,51H,4-5,9-14,17-20H2,1-2H3. The van der Waals surface area contributed by atoms with E-state index in [1.807, 2.05) is 4.90 Å². The van der Waals surface area contributed by atoms with Crippen LogP contribution in [-0.2, 0) is 0 Å². The Morgan fingerprint density at radius 3 is 2.35 bits per heavy atom. The second kappa shape index (κ2) is 14.1. The number of nitrogens with one attached hydrogen (secondary N) is 1. The molecule has 0 spiro atoms. The minimum Gasteiger partial charge on any atom is -0.508 e. The van der Waals surface area contributed by atoms with E-state index in [1.54, 1.807) is 0 Å². The van der Waals surface area contributed by atoms with Crippen molar-refractivity contribution in [2.75, 3.05) is 44.2 Å². The molecule has 1 aliphatic carbocycles. The first kappa shape index (κ1) is 36.4. The summed E-state index contributed by atoms with van der Waals surface area (Å²) in [7, 11) is 0. The van der Waals surface area contributed by atoms with Gasteiger partial charge < -0.3 is 25.0 Å². The van der Waals surface area contributed by atoms with Crippen LogP contribution in [0.4, 0.5) is 27.8 Å². The molecule has 3 aliphatic rings. The number of piperazine rings is 1. The number of hydrogen-bond donors (Lipinski definition) is 2. The normalized spacial score (nSPS) is 21.1. The predicted molar refractivity (Wildman–Crippen MR) is 191 cm³/mol. The zero-order chi connectivity index (χ0) is 36.9. The van der Waals surface area contributed by atoms with E-state index in [1.165, 1.54) is 24.3 Å².